The van der Waals surface area contributed by atoms with Crippen LogP contribution >= 0.6 is 0 Å². The maximum absolute atomic E-state index is 13.1. The van der Waals surface area contributed by atoms with Gasteiger partial charge in [0, 0.05) is 5.69 Å². The summed E-state index contributed by atoms with van der Waals surface area (Å²) < 4.78 is 39.7. The van der Waals surface area contributed by atoms with E-state index in [0.717, 1.165) is 12.1 Å². The molecule has 22 heavy (non-hydrogen) atoms. The van der Waals surface area contributed by atoms with E-state index in [1.54, 1.807) is 0 Å². The number of aliphatic hydroxyl groups excluding tert-OH is 1. The molecule has 0 saturated carbocycles. The molecule has 2 aromatic carbocycles. The number of hydrogen-bond donors (Lipinski definition) is 3. The number of carbonyl (C=O) groups is 1. The molecule has 0 saturated heterocycles. The molecule has 0 radical (unpaired) electrons. The van der Waals surface area contributed by atoms with E-state index < -0.39 is 28.4 Å². The molecule has 0 aliphatic heterocycles. The Morgan fingerprint density at radius 2 is 1.77 bits per heavy atom. The van der Waals surface area contributed by atoms with Gasteiger partial charge in [0.25, 0.3) is 10.0 Å². The molecule has 116 valence electrons. The minimum absolute atomic E-state index is 0.194. The molecule has 0 bridgehead atoms. The number of halogens is 1. The molecule has 6 nitrogen and oxygen atoms in total. The minimum Gasteiger partial charge on any atom is -0.387 e. The lowest BCUT2D eigenvalue weighted by molar-refractivity contribution is -0.118. The summed E-state index contributed by atoms with van der Waals surface area (Å²) >= 11 is 0. The largest absolute Gasteiger partial charge is 0.387 e. The Morgan fingerprint density at radius 1 is 1.09 bits per heavy atom. The van der Waals surface area contributed by atoms with Crippen molar-refractivity contribution in [3.63, 3.8) is 0 Å². The first-order valence-electron chi connectivity index (χ1n) is 6.20. The summed E-state index contributed by atoms with van der Waals surface area (Å²) in [6.07, 6.45) is 0. The molecular formula is C14H13FN2O4S. The molecule has 8 heteroatoms. The van der Waals surface area contributed by atoms with Crippen molar-refractivity contribution >= 4 is 27.3 Å². The summed E-state index contributed by atoms with van der Waals surface area (Å²) in [6.45, 7) is -0.681. The Balaban J connectivity index is 2.23. The van der Waals surface area contributed by atoms with E-state index in [9.17, 15) is 17.6 Å². The zero-order valence-electron chi connectivity index (χ0n) is 11.3. The van der Waals surface area contributed by atoms with Gasteiger partial charge in [-0.05, 0) is 36.4 Å². The normalized spacial score (nSPS) is 11.0. The van der Waals surface area contributed by atoms with Crippen molar-refractivity contribution in [2.45, 2.75) is 4.90 Å². The van der Waals surface area contributed by atoms with E-state index in [0.29, 0.717) is 5.69 Å². The molecule has 0 heterocycles. The van der Waals surface area contributed by atoms with Gasteiger partial charge in [0.05, 0.1) is 10.6 Å². The molecule has 1 amide bonds. The number of sulfonamides is 1. The Kier molecular flexibility index (Phi) is 4.74. The lowest BCUT2D eigenvalue weighted by Gasteiger charge is -2.10. The number of aliphatic hydroxyl groups is 1. The van der Waals surface area contributed by atoms with Crippen molar-refractivity contribution in [3.8, 4) is 0 Å². The van der Waals surface area contributed by atoms with E-state index in [2.05, 4.69) is 10.0 Å². The number of amides is 1. The van der Waals surface area contributed by atoms with E-state index in [1.807, 2.05) is 0 Å². The maximum atomic E-state index is 13.1. The van der Waals surface area contributed by atoms with Crippen molar-refractivity contribution in [1.29, 1.82) is 0 Å². The summed E-state index contributed by atoms with van der Waals surface area (Å²) in [5, 5.41) is 11.1. The Morgan fingerprint density at radius 3 is 2.45 bits per heavy atom. The van der Waals surface area contributed by atoms with Crippen molar-refractivity contribution in [1.82, 2.24) is 0 Å². The van der Waals surface area contributed by atoms with E-state index in [-0.39, 0.29) is 10.6 Å². The van der Waals surface area contributed by atoms with E-state index >= 15 is 0 Å². The molecule has 0 unspecified atom stereocenters. The highest BCUT2D eigenvalue weighted by Crippen LogP contribution is 2.20. The topological polar surface area (TPSA) is 95.5 Å². The van der Waals surface area contributed by atoms with Gasteiger partial charge in [0.15, 0.2) is 0 Å². The van der Waals surface area contributed by atoms with Crippen LogP contribution in [-0.4, -0.2) is 26.0 Å². The van der Waals surface area contributed by atoms with Gasteiger partial charge in [-0.3, -0.25) is 9.52 Å². The second-order valence-electron chi connectivity index (χ2n) is 4.35. The lowest BCUT2D eigenvalue weighted by atomic mass is 10.3. The molecule has 0 fully saturated rings. The van der Waals surface area contributed by atoms with Crippen LogP contribution in [-0.2, 0) is 14.8 Å². The highest BCUT2D eigenvalue weighted by Gasteiger charge is 2.15. The molecule has 0 atom stereocenters. The van der Waals surface area contributed by atoms with Gasteiger partial charge in [-0.25, -0.2) is 12.8 Å². The second kappa shape index (κ2) is 6.54. The summed E-state index contributed by atoms with van der Waals surface area (Å²) in [6, 6.07) is 10.5. The number of benzene rings is 2. The zero-order valence-corrected chi connectivity index (χ0v) is 12.1. The standard InChI is InChI=1S/C14H13FN2O4S/c15-10-3-1-6-13(7-10)22(20,21)17-12-5-2-4-11(8-12)16-14(19)9-18/h1-8,17-18H,9H2,(H,16,19). The first-order valence-corrected chi connectivity index (χ1v) is 7.68. The molecule has 3 N–H and O–H groups in total. The fourth-order valence-electron chi connectivity index (χ4n) is 1.71. The molecule has 0 spiro atoms. The molecule has 0 aromatic heterocycles. The van der Waals surface area contributed by atoms with Crippen molar-refractivity contribution in [2.24, 2.45) is 0 Å². The molecule has 2 rings (SSSR count). The van der Waals surface area contributed by atoms with Crippen LogP contribution in [0.15, 0.2) is 53.4 Å². The number of nitrogens with one attached hydrogen (secondary N) is 2. The fraction of sp³-hybridized carbons (Fsp3) is 0.0714. The van der Waals surface area contributed by atoms with Gasteiger partial charge < -0.3 is 10.4 Å². The molecular weight excluding hydrogens is 311 g/mol. The number of rotatable bonds is 5. The van der Waals surface area contributed by atoms with Gasteiger partial charge in [0.2, 0.25) is 5.91 Å². The van der Waals surface area contributed by atoms with Gasteiger partial charge in [0.1, 0.15) is 12.4 Å². The van der Waals surface area contributed by atoms with Crippen LogP contribution in [0.25, 0.3) is 0 Å². The Labute approximate surface area is 126 Å². The lowest BCUT2D eigenvalue weighted by Crippen LogP contribution is -2.16. The minimum atomic E-state index is -3.94. The molecule has 0 aliphatic rings. The number of anilines is 2. The van der Waals surface area contributed by atoms with Crippen LogP contribution in [0.4, 0.5) is 15.8 Å². The molecule has 2 aromatic rings. The fourth-order valence-corrected chi connectivity index (χ4v) is 2.79. The average Bonchev–Trinajstić information content (AvgIpc) is 2.47. The van der Waals surface area contributed by atoms with Gasteiger partial charge >= 0.3 is 0 Å². The number of carbonyl (C=O) groups excluding carboxylic acids is 1. The third-order valence-electron chi connectivity index (χ3n) is 2.65. The predicted molar refractivity (Wildman–Crippen MR) is 79.4 cm³/mol. The third-order valence-corrected chi connectivity index (χ3v) is 4.03. The number of hydrogen-bond acceptors (Lipinski definition) is 4. The van der Waals surface area contributed by atoms with E-state index in [4.69, 9.17) is 5.11 Å². The van der Waals surface area contributed by atoms with Crippen LogP contribution in [0.5, 0.6) is 0 Å². The first kappa shape index (κ1) is 15.9. The van der Waals surface area contributed by atoms with Crippen molar-refractivity contribution in [3.05, 3.63) is 54.3 Å². The smallest absolute Gasteiger partial charge is 0.261 e. The highest BCUT2D eigenvalue weighted by atomic mass is 32.2. The predicted octanol–water partition coefficient (Wildman–Crippen LogP) is 1.56. The summed E-state index contributed by atoms with van der Waals surface area (Å²) in [5.41, 5.74) is 0.512. The average molecular weight is 324 g/mol. The van der Waals surface area contributed by atoms with Crippen molar-refractivity contribution in [2.75, 3.05) is 16.6 Å². The van der Waals surface area contributed by atoms with E-state index in [1.165, 1.54) is 36.4 Å². The van der Waals surface area contributed by atoms with Gasteiger partial charge in [-0.1, -0.05) is 12.1 Å². The molecule has 0 aliphatic carbocycles. The van der Waals surface area contributed by atoms with Crippen LogP contribution in [0, 0.1) is 5.82 Å². The quantitative estimate of drug-likeness (QED) is 0.778. The monoisotopic (exact) mass is 324 g/mol. The van der Waals surface area contributed by atoms with Crippen LogP contribution in [0.2, 0.25) is 0 Å². The summed E-state index contributed by atoms with van der Waals surface area (Å²) in [7, 11) is -3.94. The SMILES string of the molecule is O=C(CO)Nc1cccc(NS(=O)(=O)c2cccc(F)c2)c1. The Hall–Kier alpha value is -2.45. The maximum Gasteiger partial charge on any atom is 0.261 e. The Bertz CT molecular complexity index is 793. The van der Waals surface area contributed by atoms with Crippen LogP contribution < -0.4 is 10.0 Å². The summed E-state index contributed by atoms with van der Waals surface area (Å²) in [5.74, 6) is -1.28. The first-order chi connectivity index (χ1) is 10.4. The second-order valence-corrected chi connectivity index (χ2v) is 6.03. The van der Waals surface area contributed by atoms with Crippen molar-refractivity contribution < 1.29 is 22.7 Å². The zero-order chi connectivity index (χ0) is 16.2. The highest BCUT2D eigenvalue weighted by molar-refractivity contribution is 7.92. The van der Waals surface area contributed by atoms with Crippen LogP contribution in [0.1, 0.15) is 0 Å². The van der Waals surface area contributed by atoms with Crippen LogP contribution in [0.3, 0.4) is 0 Å². The third kappa shape index (κ3) is 4.03. The van der Waals surface area contributed by atoms with Gasteiger partial charge in [-0.15, -0.1) is 0 Å². The summed E-state index contributed by atoms with van der Waals surface area (Å²) in [4.78, 5) is 10.9. The van der Waals surface area contributed by atoms with Gasteiger partial charge in [-0.2, -0.15) is 0 Å².